The first kappa shape index (κ1) is 11.0. The lowest BCUT2D eigenvalue weighted by Gasteiger charge is -2.42. The topological polar surface area (TPSA) is 21.3 Å². The van der Waals surface area contributed by atoms with Crippen molar-refractivity contribution in [1.82, 2.24) is 5.32 Å². The van der Waals surface area contributed by atoms with Gasteiger partial charge in [0.15, 0.2) is 0 Å². The van der Waals surface area contributed by atoms with E-state index in [9.17, 15) is 0 Å². The molecule has 0 saturated heterocycles. The molecule has 16 heavy (non-hydrogen) atoms. The lowest BCUT2D eigenvalue weighted by Crippen LogP contribution is -2.43. The third-order valence-corrected chi connectivity index (χ3v) is 4.49. The standard InChI is InChI=1S/C14H25NO/c1-7-14(8-1,9-10-15-13-4-5-13)16-11-6-12-2-3-12/h12-13,15H,1-11H2. The highest BCUT2D eigenvalue weighted by atomic mass is 16.5. The zero-order valence-electron chi connectivity index (χ0n) is 10.3. The second kappa shape index (κ2) is 4.66. The third kappa shape index (κ3) is 2.98. The van der Waals surface area contributed by atoms with Crippen molar-refractivity contribution in [2.24, 2.45) is 5.92 Å². The van der Waals surface area contributed by atoms with E-state index in [0.717, 1.165) is 18.6 Å². The molecule has 2 heteroatoms. The molecule has 0 amide bonds. The van der Waals surface area contributed by atoms with Crippen LogP contribution in [0.4, 0.5) is 0 Å². The van der Waals surface area contributed by atoms with Crippen LogP contribution in [0.2, 0.25) is 0 Å². The number of rotatable bonds is 8. The molecule has 0 aromatic heterocycles. The zero-order chi connectivity index (χ0) is 10.8. The summed E-state index contributed by atoms with van der Waals surface area (Å²) in [5.74, 6) is 1.02. The van der Waals surface area contributed by atoms with Crippen LogP contribution in [0.3, 0.4) is 0 Å². The Morgan fingerprint density at radius 3 is 2.50 bits per heavy atom. The van der Waals surface area contributed by atoms with E-state index >= 15 is 0 Å². The number of hydrogen-bond donors (Lipinski definition) is 1. The molecule has 3 rings (SSSR count). The van der Waals surface area contributed by atoms with Gasteiger partial charge in [0.1, 0.15) is 0 Å². The normalized spacial score (nSPS) is 27.8. The molecule has 0 radical (unpaired) electrons. The molecule has 0 heterocycles. The Morgan fingerprint density at radius 2 is 1.94 bits per heavy atom. The predicted molar refractivity (Wildman–Crippen MR) is 65.5 cm³/mol. The van der Waals surface area contributed by atoms with Gasteiger partial charge < -0.3 is 10.1 Å². The van der Waals surface area contributed by atoms with Crippen molar-refractivity contribution in [3.05, 3.63) is 0 Å². The second-order valence-electron chi connectivity index (χ2n) is 6.10. The SMILES string of the molecule is C1CC(CCNC2CC2)(OCCC2CC2)C1. The summed E-state index contributed by atoms with van der Waals surface area (Å²) in [5.41, 5.74) is 0.288. The molecule has 0 aliphatic heterocycles. The van der Waals surface area contributed by atoms with Crippen LogP contribution in [0, 0.1) is 5.92 Å². The summed E-state index contributed by atoms with van der Waals surface area (Å²) in [4.78, 5) is 0. The fourth-order valence-corrected chi connectivity index (χ4v) is 2.68. The Hall–Kier alpha value is -0.0800. The van der Waals surface area contributed by atoms with Crippen molar-refractivity contribution in [3.8, 4) is 0 Å². The summed E-state index contributed by atoms with van der Waals surface area (Å²) in [6.07, 6.45) is 12.3. The van der Waals surface area contributed by atoms with E-state index in [1.807, 2.05) is 0 Å². The molecule has 92 valence electrons. The molecule has 0 atom stereocenters. The van der Waals surface area contributed by atoms with Crippen molar-refractivity contribution >= 4 is 0 Å². The van der Waals surface area contributed by atoms with E-state index < -0.39 is 0 Å². The van der Waals surface area contributed by atoms with E-state index in [-0.39, 0.29) is 5.60 Å². The Morgan fingerprint density at radius 1 is 1.12 bits per heavy atom. The average Bonchev–Trinajstić information content (AvgIpc) is 3.07. The summed E-state index contributed by atoms with van der Waals surface area (Å²) >= 11 is 0. The Balaban J connectivity index is 1.33. The van der Waals surface area contributed by atoms with E-state index in [0.29, 0.717) is 0 Å². The van der Waals surface area contributed by atoms with Gasteiger partial charge in [0.05, 0.1) is 5.60 Å². The van der Waals surface area contributed by atoms with Crippen molar-refractivity contribution in [3.63, 3.8) is 0 Å². The summed E-state index contributed by atoms with van der Waals surface area (Å²) in [7, 11) is 0. The number of nitrogens with one attached hydrogen (secondary N) is 1. The summed E-state index contributed by atoms with van der Waals surface area (Å²) < 4.78 is 6.18. The van der Waals surface area contributed by atoms with Gasteiger partial charge in [-0.1, -0.05) is 12.8 Å². The molecule has 2 nitrogen and oxygen atoms in total. The summed E-state index contributed by atoms with van der Waals surface area (Å²) in [5, 5.41) is 3.61. The first-order chi connectivity index (χ1) is 7.86. The van der Waals surface area contributed by atoms with Gasteiger partial charge in [0, 0.05) is 12.6 Å². The molecular weight excluding hydrogens is 198 g/mol. The molecule has 3 saturated carbocycles. The van der Waals surface area contributed by atoms with Gasteiger partial charge in [-0.3, -0.25) is 0 Å². The molecule has 3 aliphatic rings. The first-order valence-electron chi connectivity index (χ1n) is 7.24. The molecule has 3 aliphatic carbocycles. The molecule has 0 spiro atoms. The van der Waals surface area contributed by atoms with Crippen LogP contribution in [0.1, 0.15) is 57.8 Å². The van der Waals surface area contributed by atoms with Crippen LogP contribution in [0.15, 0.2) is 0 Å². The Kier molecular flexibility index (Phi) is 3.21. The van der Waals surface area contributed by atoms with Gasteiger partial charge >= 0.3 is 0 Å². The predicted octanol–water partition coefficient (Wildman–Crippen LogP) is 2.87. The summed E-state index contributed by atoms with van der Waals surface area (Å²) in [6, 6.07) is 0.851. The fraction of sp³-hybridized carbons (Fsp3) is 1.00. The first-order valence-corrected chi connectivity index (χ1v) is 7.24. The van der Waals surface area contributed by atoms with Gasteiger partial charge in [-0.25, -0.2) is 0 Å². The van der Waals surface area contributed by atoms with Crippen LogP contribution >= 0.6 is 0 Å². The van der Waals surface area contributed by atoms with Gasteiger partial charge in [0.2, 0.25) is 0 Å². The minimum absolute atomic E-state index is 0.288. The van der Waals surface area contributed by atoms with E-state index in [1.165, 1.54) is 64.3 Å². The molecule has 0 unspecified atom stereocenters. The van der Waals surface area contributed by atoms with Gasteiger partial charge in [-0.05, 0) is 57.4 Å². The monoisotopic (exact) mass is 223 g/mol. The lowest BCUT2D eigenvalue weighted by molar-refractivity contribution is -0.106. The Labute approximate surface area is 99.1 Å². The van der Waals surface area contributed by atoms with Gasteiger partial charge in [-0.2, -0.15) is 0 Å². The summed E-state index contributed by atoms with van der Waals surface area (Å²) in [6.45, 7) is 2.20. The molecule has 3 fully saturated rings. The molecule has 0 aromatic rings. The highest BCUT2D eigenvalue weighted by Crippen LogP contribution is 2.40. The molecule has 0 bridgehead atoms. The van der Waals surface area contributed by atoms with Crippen LogP contribution in [-0.2, 0) is 4.74 Å². The van der Waals surface area contributed by atoms with Crippen molar-refractivity contribution < 1.29 is 4.74 Å². The zero-order valence-corrected chi connectivity index (χ0v) is 10.3. The minimum atomic E-state index is 0.288. The maximum absolute atomic E-state index is 6.18. The highest BCUT2D eigenvalue weighted by molar-refractivity contribution is 4.92. The highest BCUT2D eigenvalue weighted by Gasteiger charge is 2.38. The van der Waals surface area contributed by atoms with E-state index in [4.69, 9.17) is 4.74 Å². The van der Waals surface area contributed by atoms with Crippen LogP contribution in [-0.4, -0.2) is 24.8 Å². The maximum atomic E-state index is 6.18. The van der Waals surface area contributed by atoms with Gasteiger partial charge in [-0.15, -0.1) is 0 Å². The maximum Gasteiger partial charge on any atom is 0.0694 e. The number of hydrogen-bond acceptors (Lipinski definition) is 2. The average molecular weight is 223 g/mol. The smallest absolute Gasteiger partial charge is 0.0694 e. The lowest BCUT2D eigenvalue weighted by atomic mass is 9.77. The molecule has 0 aromatic carbocycles. The van der Waals surface area contributed by atoms with E-state index in [2.05, 4.69) is 5.32 Å². The largest absolute Gasteiger partial charge is 0.375 e. The van der Waals surface area contributed by atoms with Crippen LogP contribution in [0.25, 0.3) is 0 Å². The van der Waals surface area contributed by atoms with Crippen molar-refractivity contribution in [1.29, 1.82) is 0 Å². The van der Waals surface area contributed by atoms with Crippen molar-refractivity contribution in [2.75, 3.05) is 13.2 Å². The third-order valence-electron chi connectivity index (χ3n) is 4.49. The molecule has 1 N–H and O–H groups in total. The van der Waals surface area contributed by atoms with Crippen LogP contribution < -0.4 is 5.32 Å². The van der Waals surface area contributed by atoms with Gasteiger partial charge in [0.25, 0.3) is 0 Å². The fourth-order valence-electron chi connectivity index (χ4n) is 2.68. The quantitative estimate of drug-likeness (QED) is 0.683. The van der Waals surface area contributed by atoms with E-state index in [1.54, 1.807) is 0 Å². The van der Waals surface area contributed by atoms with Crippen molar-refractivity contribution in [2.45, 2.75) is 69.4 Å². The Bertz CT molecular complexity index is 209. The van der Waals surface area contributed by atoms with Crippen LogP contribution in [0.5, 0.6) is 0 Å². The number of ether oxygens (including phenoxy) is 1. The second-order valence-corrected chi connectivity index (χ2v) is 6.10. The molecular formula is C14H25NO. The minimum Gasteiger partial charge on any atom is -0.375 e.